The molecule has 0 spiro atoms. The maximum atomic E-state index is 6.32. The van der Waals surface area contributed by atoms with E-state index < -0.39 is 0 Å². The van der Waals surface area contributed by atoms with Crippen LogP contribution < -0.4 is 9.64 Å². The minimum atomic E-state index is 0.300. The first kappa shape index (κ1) is 20.8. The molecule has 0 amide bonds. The van der Waals surface area contributed by atoms with Crippen LogP contribution in [0, 0.1) is 0 Å². The number of halogens is 1. The fourth-order valence-electron chi connectivity index (χ4n) is 4.86. The molecule has 4 aromatic rings. The van der Waals surface area contributed by atoms with Crippen LogP contribution in [0.25, 0.3) is 22.0 Å². The van der Waals surface area contributed by atoms with E-state index in [1.54, 1.807) is 7.11 Å². The average Bonchev–Trinajstić information content (AvgIpc) is 2.84. The second-order valence-electron chi connectivity index (χ2n) is 8.21. The van der Waals surface area contributed by atoms with Crippen molar-refractivity contribution in [2.75, 3.05) is 18.6 Å². The molecule has 0 radical (unpaired) electrons. The van der Waals surface area contributed by atoms with Crippen LogP contribution in [-0.2, 0) is 6.42 Å². The topological polar surface area (TPSA) is 38.2 Å². The van der Waals surface area contributed by atoms with Gasteiger partial charge >= 0.3 is 0 Å². The van der Waals surface area contributed by atoms with Gasteiger partial charge in [-0.2, -0.15) is 0 Å². The number of nitrogens with zero attached hydrogens (tertiary/aromatic N) is 3. The second kappa shape index (κ2) is 8.79. The molecule has 162 valence electrons. The van der Waals surface area contributed by atoms with Gasteiger partial charge in [0.05, 0.1) is 13.2 Å². The maximum Gasteiger partial charge on any atom is 0.159 e. The van der Waals surface area contributed by atoms with Crippen molar-refractivity contribution in [3.05, 3.63) is 82.9 Å². The number of ether oxygens (including phenoxy) is 1. The van der Waals surface area contributed by atoms with Gasteiger partial charge in [0.15, 0.2) is 5.82 Å². The number of aromatic nitrogens is 2. The molecule has 0 N–H and O–H groups in total. The Morgan fingerprint density at radius 2 is 1.78 bits per heavy atom. The van der Waals surface area contributed by atoms with Gasteiger partial charge in [-0.15, -0.1) is 10.2 Å². The molecule has 1 unspecified atom stereocenters. The molecule has 5 rings (SSSR count). The van der Waals surface area contributed by atoms with E-state index >= 15 is 0 Å². The minimum absolute atomic E-state index is 0.300. The van der Waals surface area contributed by atoms with E-state index in [-0.39, 0.29) is 0 Å². The Bertz CT molecular complexity index is 1270. The van der Waals surface area contributed by atoms with Crippen molar-refractivity contribution in [3.8, 4) is 17.0 Å². The normalized spacial score (nSPS) is 15.6. The summed E-state index contributed by atoms with van der Waals surface area (Å²) >= 11 is 6.32. The molecule has 2 heterocycles. The van der Waals surface area contributed by atoms with Crippen LogP contribution in [0.4, 0.5) is 5.82 Å². The molecule has 1 atom stereocenters. The molecular weight excluding hydrogens is 418 g/mol. The van der Waals surface area contributed by atoms with Crippen molar-refractivity contribution in [3.63, 3.8) is 0 Å². The van der Waals surface area contributed by atoms with Gasteiger partial charge in [-0.3, -0.25) is 0 Å². The summed E-state index contributed by atoms with van der Waals surface area (Å²) in [4.78, 5) is 2.44. The summed E-state index contributed by atoms with van der Waals surface area (Å²) in [6.07, 6.45) is 3.20. The first-order chi connectivity index (χ1) is 15.7. The summed E-state index contributed by atoms with van der Waals surface area (Å²) in [5.74, 6) is 1.68. The number of fused-ring (bicyclic) bond motifs is 2. The molecule has 5 heteroatoms. The van der Waals surface area contributed by atoms with Gasteiger partial charge in [-0.1, -0.05) is 73.5 Å². The van der Waals surface area contributed by atoms with E-state index in [2.05, 4.69) is 54.3 Å². The van der Waals surface area contributed by atoms with Crippen LogP contribution >= 0.6 is 11.6 Å². The standard InChI is InChI=1S/C27H26ClN3O/c1-3-8-24-20-10-5-4-9-18(20)15-16-31(24)27-22-12-7-6-11-21(22)26(29-30-27)23-17-19(28)13-14-25(23)32-2/h4-7,9-14,17,24H,3,8,15-16H2,1-2H3. The zero-order valence-electron chi connectivity index (χ0n) is 18.4. The molecule has 0 saturated heterocycles. The number of anilines is 1. The van der Waals surface area contributed by atoms with Crippen molar-refractivity contribution in [2.45, 2.75) is 32.2 Å². The first-order valence-corrected chi connectivity index (χ1v) is 11.5. The van der Waals surface area contributed by atoms with E-state index in [0.717, 1.165) is 59.4 Å². The summed E-state index contributed by atoms with van der Waals surface area (Å²) in [6.45, 7) is 3.17. The Kier molecular flexibility index (Phi) is 5.71. The molecule has 1 aromatic heterocycles. The highest BCUT2D eigenvalue weighted by Gasteiger charge is 2.29. The van der Waals surface area contributed by atoms with E-state index in [9.17, 15) is 0 Å². The molecule has 32 heavy (non-hydrogen) atoms. The third kappa shape index (κ3) is 3.59. The number of methoxy groups -OCH3 is 1. The monoisotopic (exact) mass is 443 g/mol. The lowest BCUT2D eigenvalue weighted by molar-refractivity contribution is 0.416. The fraction of sp³-hybridized carbons (Fsp3) is 0.259. The van der Waals surface area contributed by atoms with Crippen molar-refractivity contribution < 1.29 is 4.74 Å². The third-order valence-electron chi connectivity index (χ3n) is 6.33. The van der Waals surface area contributed by atoms with Crippen LogP contribution in [-0.4, -0.2) is 23.9 Å². The quantitative estimate of drug-likeness (QED) is 0.337. The highest BCUT2D eigenvalue weighted by molar-refractivity contribution is 6.31. The Morgan fingerprint density at radius 3 is 2.59 bits per heavy atom. The van der Waals surface area contributed by atoms with Gasteiger partial charge in [-0.25, -0.2) is 0 Å². The molecule has 0 aliphatic carbocycles. The molecular formula is C27H26ClN3O. The predicted molar refractivity (Wildman–Crippen MR) is 132 cm³/mol. The third-order valence-corrected chi connectivity index (χ3v) is 6.57. The largest absolute Gasteiger partial charge is 0.496 e. The molecule has 3 aromatic carbocycles. The van der Waals surface area contributed by atoms with Crippen molar-refractivity contribution in [1.29, 1.82) is 0 Å². The van der Waals surface area contributed by atoms with Crippen molar-refractivity contribution in [1.82, 2.24) is 10.2 Å². The number of rotatable bonds is 5. The smallest absolute Gasteiger partial charge is 0.159 e. The lowest BCUT2D eigenvalue weighted by Gasteiger charge is -2.38. The number of benzene rings is 3. The van der Waals surface area contributed by atoms with Crippen LogP contribution in [0.3, 0.4) is 0 Å². The van der Waals surface area contributed by atoms with Gasteiger partial charge < -0.3 is 9.64 Å². The van der Waals surface area contributed by atoms with Gasteiger partial charge in [0.1, 0.15) is 11.4 Å². The van der Waals surface area contributed by atoms with E-state index in [0.29, 0.717) is 11.1 Å². The predicted octanol–water partition coefficient (Wildman–Crippen LogP) is 6.86. The highest BCUT2D eigenvalue weighted by atomic mass is 35.5. The van der Waals surface area contributed by atoms with E-state index in [4.69, 9.17) is 26.5 Å². The molecule has 1 aliphatic heterocycles. The van der Waals surface area contributed by atoms with Crippen molar-refractivity contribution >= 4 is 28.2 Å². The van der Waals surface area contributed by atoms with Crippen LogP contribution in [0.15, 0.2) is 66.7 Å². The first-order valence-electron chi connectivity index (χ1n) is 11.1. The van der Waals surface area contributed by atoms with Gasteiger partial charge in [-0.05, 0) is 42.2 Å². The summed E-state index contributed by atoms with van der Waals surface area (Å²) in [6, 6.07) is 23.1. The summed E-state index contributed by atoms with van der Waals surface area (Å²) in [5, 5.41) is 12.3. The van der Waals surface area contributed by atoms with Crippen LogP contribution in [0.1, 0.15) is 36.9 Å². The van der Waals surface area contributed by atoms with Crippen LogP contribution in [0.5, 0.6) is 5.75 Å². The fourth-order valence-corrected chi connectivity index (χ4v) is 5.03. The Balaban J connectivity index is 1.68. The van der Waals surface area contributed by atoms with Crippen molar-refractivity contribution in [2.24, 2.45) is 0 Å². The molecule has 0 fully saturated rings. The van der Waals surface area contributed by atoms with Gasteiger partial charge in [0.25, 0.3) is 0 Å². The summed E-state index contributed by atoms with van der Waals surface area (Å²) in [7, 11) is 1.66. The molecule has 0 bridgehead atoms. The lowest BCUT2D eigenvalue weighted by Crippen LogP contribution is -2.36. The maximum absolute atomic E-state index is 6.32. The van der Waals surface area contributed by atoms with E-state index in [1.807, 2.05) is 24.3 Å². The summed E-state index contributed by atoms with van der Waals surface area (Å²) in [5.41, 5.74) is 4.49. The van der Waals surface area contributed by atoms with Crippen LogP contribution in [0.2, 0.25) is 5.02 Å². The zero-order valence-corrected chi connectivity index (χ0v) is 19.1. The Morgan fingerprint density at radius 1 is 1.00 bits per heavy atom. The average molecular weight is 444 g/mol. The zero-order chi connectivity index (χ0) is 22.1. The Labute approximate surface area is 193 Å². The SMILES string of the molecule is CCCC1c2ccccc2CCN1c1nnc(-c2cc(Cl)ccc2OC)c2ccccc12. The molecule has 0 saturated carbocycles. The van der Waals surface area contributed by atoms with E-state index in [1.165, 1.54) is 11.1 Å². The number of hydrogen-bond donors (Lipinski definition) is 0. The lowest BCUT2D eigenvalue weighted by atomic mass is 9.89. The summed E-state index contributed by atoms with van der Waals surface area (Å²) < 4.78 is 5.60. The van der Waals surface area contributed by atoms with Gasteiger partial charge in [0.2, 0.25) is 0 Å². The number of hydrogen-bond acceptors (Lipinski definition) is 4. The minimum Gasteiger partial charge on any atom is -0.496 e. The van der Waals surface area contributed by atoms with Gasteiger partial charge in [0, 0.05) is 27.9 Å². The molecule has 1 aliphatic rings. The molecule has 4 nitrogen and oxygen atoms in total. The Hall–Kier alpha value is -3.11. The second-order valence-corrected chi connectivity index (χ2v) is 8.65. The highest BCUT2D eigenvalue weighted by Crippen LogP contribution is 2.41.